The third-order valence-electron chi connectivity index (χ3n) is 3.72. The largest absolute Gasteiger partial charge is 0.344 e. The first-order chi connectivity index (χ1) is 12.4. The van der Waals surface area contributed by atoms with Gasteiger partial charge in [-0.1, -0.05) is 50.2 Å². The Kier molecular flexibility index (Phi) is 6.93. The number of hydrogen-bond acceptors (Lipinski definition) is 2. The smallest absolute Gasteiger partial charge is 0.165 e. The minimum atomic E-state index is -0.0110. The molecule has 0 heterocycles. The van der Waals surface area contributed by atoms with E-state index in [4.69, 9.17) is 11.6 Å². The van der Waals surface area contributed by atoms with Gasteiger partial charge in [0.2, 0.25) is 0 Å². The zero-order chi connectivity index (χ0) is 19.1. The molecule has 0 aliphatic carbocycles. The number of hydrogen-bond donors (Lipinski definition) is 1. The minimum Gasteiger partial charge on any atom is -0.344 e. The Labute approximate surface area is 160 Å². The van der Waals surface area contributed by atoms with Crippen molar-refractivity contribution in [2.75, 3.05) is 5.32 Å². The summed E-state index contributed by atoms with van der Waals surface area (Å²) in [6.45, 7) is 9.44. The molecule has 1 N–H and O–H groups in total. The third kappa shape index (κ3) is 5.43. The van der Waals surface area contributed by atoms with E-state index in [1.165, 1.54) is 0 Å². The van der Waals surface area contributed by atoms with E-state index in [1.807, 2.05) is 75.4 Å². The van der Waals surface area contributed by atoms with Gasteiger partial charge in [0.05, 0.1) is 5.70 Å². The van der Waals surface area contributed by atoms with Crippen molar-refractivity contribution < 1.29 is 4.79 Å². The molecule has 0 atom stereocenters. The fraction of sp³-hybridized carbons (Fsp3) is 0.182. The zero-order valence-corrected chi connectivity index (χ0v) is 16.0. The number of amidine groups is 1. The summed E-state index contributed by atoms with van der Waals surface area (Å²) >= 11 is 5.95. The van der Waals surface area contributed by atoms with E-state index in [2.05, 4.69) is 16.9 Å². The summed E-state index contributed by atoms with van der Waals surface area (Å²) in [5, 5.41) is 3.93. The van der Waals surface area contributed by atoms with Crippen LogP contribution in [0.5, 0.6) is 0 Å². The summed E-state index contributed by atoms with van der Waals surface area (Å²) < 4.78 is 0. The maximum absolute atomic E-state index is 12.0. The normalized spacial score (nSPS) is 12.2. The monoisotopic (exact) mass is 366 g/mol. The second kappa shape index (κ2) is 9.16. The summed E-state index contributed by atoms with van der Waals surface area (Å²) in [6.07, 6.45) is 3.55. The molecule has 2 aromatic rings. The molecule has 0 bridgehead atoms. The molecule has 0 aromatic heterocycles. The van der Waals surface area contributed by atoms with Crippen LogP contribution in [-0.2, 0) is 0 Å². The molecule has 0 spiro atoms. The highest BCUT2D eigenvalue weighted by Crippen LogP contribution is 2.20. The van der Waals surface area contributed by atoms with Crippen molar-refractivity contribution in [2.24, 2.45) is 10.9 Å². The van der Waals surface area contributed by atoms with Crippen LogP contribution in [0.3, 0.4) is 0 Å². The molecule has 0 unspecified atom stereocenters. The lowest BCUT2D eigenvalue weighted by atomic mass is 10.0. The fourth-order valence-electron chi connectivity index (χ4n) is 2.40. The molecule has 3 nitrogen and oxygen atoms in total. The van der Waals surface area contributed by atoms with Gasteiger partial charge in [0, 0.05) is 27.8 Å². The van der Waals surface area contributed by atoms with E-state index in [9.17, 15) is 4.79 Å². The van der Waals surface area contributed by atoms with Gasteiger partial charge < -0.3 is 5.32 Å². The molecule has 2 aromatic carbocycles. The number of ketones is 1. The van der Waals surface area contributed by atoms with E-state index in [0.29, 0.717) is 10.6 Å². The van der Waals surface area contributed by atoms with Crippen molar-refractivity contribution in [3.8, 4) is 0 Å². The van der Waals surface area contributed by atoms with Gasteiger partial charge in [-0.05, 0) is 49.4 Å². The van der Waals surface area contributed by atoms with Crippen molar-refractivity contribution in [3.63, 3.8) is 0 Å². The Bertz CT molecular complexity index is 831. The Morgan fingerprint density at radius 3 is 2.19 bits per heavy atom. The van der Waals surface area contributed by atoms with Crippen molar-refractivity contribution in [2.45, 2.75) is 20.8 Å². The van der Waals surface area contributed by atoms with E-state index >= 15 is 0 Å². The molecule has 134 valence electrons. The third-order valence-corrected chi connectivity index (χ3v) is 3.97. The molecule has 2 rings (SSSR count). The average molecular weight is 367 g/mol. The van der Waals surface area contributed by atoms with Crippen molar-refractivity contribution in [3.05, 3.63) is 83.4 Å². The molecule has 0 radical (unpaired) electrons. The molecular weight excluding hydrogens is 344 g/mol. The number of halogens is 1. The van der Waals surface area contributed by atoms with Crippen LogP contribution >= 0.6 is 11.6 Å². The van der Waals surface area contributed by atoms with Gasteiger partial charge in [-0.15, -0.1) is 0 Å². The van der Waals surface area contributed by atoms with Gasteiger partial charge in [-0.25, -0.2) is 4.99 Å². The van der Waals surface area contributed by atoms with Crippen LogP contribution < -0.4 is 5.32 Å². The Hall–Kier alpha value is -2.65. The zero-order valence-electron chi connectivity index (χ0n) is 15.3. The molecule has 0 aliphatic rings. The van der Waals surface area contributed by atoms with Crippen molar-refractivity contribution >= 4 is 34.6 Å². The Balaban J connectivity index is 2.17. The first-order valence-electron chi connectivity index (χ1n) is 8.46. The Morgan fingerprint density at radius 2 is 1.65 bits per heavy atom. The maximum Gasteiger partial charge on any atom is 0.165 e. The van der Waals surface area contributed by atoms with E-state index in [-0.39, 0.29) is 11.7 Å². The molecule has 0 saturated heterocycles. The second-order valence-corrected chi connectivity index (χ2v) is 6.65. The molecule has 0 saturated carbocycles. The van der Waals surface area contributed by atoms with Crippen LogP contribution in [0.4, 0.5) is 5.69 Å². The topological polar surface area (TPSA) is 41.5 Å². The maximum atomic E-state index is 12.0. The number of aliphatic imine (C=N–C) groups is 1. The minimum absolute atomic E-state index is 0.0110. The highest BCUT2D eigenvalue weighted by molar-refractivity contribution is 6.30. The lowest BCUT2D eigenvalue weighted by Crippen LogP contribution is -2.09. The van der Waals surface area contributed by atoms with Crippen LogP contribution in [0.15, 0.2) is 72.3 Å². The number of nitrogens with one attached hydrogen (secondary N) is 1. The van der Waals surface area contributed by atoms with Crippen LogP contribution in [0, 0.1) is 5.92 Å². The van der Waals surface area contributed by atoms with E-state index < -0.39 is 0 Å². The SMILES string of the molecule is C=C/C=C(\N=C(C)Nc1ccc(C(=O)C(C)C)cc1)c1ccc(Cl)cc1. The quantitative estimate of drug-likeness (QED) is 0.284. The predicted molar refractivity (Wildman–Crippen MR) is 112 cm³/mol. The van der Waals surface area contributed by atoms with Gasteiger partial charge in [0.1, 0.15) is 5.84 Å². The number of carbonyl (C=O) groups is 1. The molecule has 0 amide bonds. The highest BCUT2D eigenvalue weighted by Gasteiger charge is 2.09. The van der Waals surface area contributed by atoms with E-state index in [0.717, 1.165) is 22.8 Å². The lowest BCUT2D eigenvalue weighted by molar-refractivity contribution is 0.0939. The van der Waals surface area contributed by atoms with Gasteiger partial charge in [-0.3, -0.25) is 4.79 Å². The fourth-order valence-corrected chi connectivity index (χ4v) is 2.52. The molecule has 0 fully saturated rings. The van der Waals surface area contributed by atoms with E-state index in [1.54, 1.807) is 6.08 Å². The number of rotatable bonds is 6. The highest BCUT2D eigenvalue weighted by atomic mass is 35.5. The van der Waals surface area contributed by atoms with Gasteiger partial charge in [0.25, 0.3) is 0 Å². The predicted octanol–water partition coefficient (Wildman–Crippen LogP) is 6.24. The van der Waals surface area contributed by atoms with Gasteiger partial charge in [-0.2, -0.15) is 0 Å². The van der Waals surface area contributed by atoms with Crippen LogP contribution in [-0.4, -0.2) is 11.6 Å². The van der Waals surface area contributed by atoms with Crippen LogP contribution in [0.25, 0.3) is 5.70 Å². The first kappa shape index (κ1) is 19.7. The van der Waals surface area contributed by atoms with Crippen molar-refractivity contribution in [1.29, 1.82) is 0 Å². The van der Waals surface area contributed by atoms with Crippen molar-refractivity contribution in [1.82, 2.24) is 0 Å². The number of carbonyl (C=O) groups excluding carboxylic acids is 1. The van der Waals surface area contributed by atoms with Gasteiger partial charge >= 0.3 is 0 Å². The summed E-state index contributed by atoms with van der Waals surface area (Å²) in [5.41, 5.74) is 3.33. The summed E-state index contributed by atoms with van der Waals surface area (Å²) in [5.74, 6) is 0.861. The first-order valence-corrected chi connectivity index (χ1v) is 8.83. The Morgan fingerprint density at radius 1 is 1.08 bits per heavy atom. The average Bonchev–Trinajstić information content (AvgIpc) is 2.62. The van der Waals surface area contributed by atoms with Crippen LogP contribution in [0.2, 0.25) is 5.02 Å². The standard InChI is InChI=1S/C22H23ClN2O/c1-5-6-21(17-7-11-19(23)12-8-17)25-16(4)24-20-13-9-18(10-14-20)22(26)15(2)3/h5-15H,1H2,2-4H3,(H,24,25)/b21-6-. The lowest BCUT2D eigenvalue weighted by Gasteiger charge is -2.09. The molecule has 26 heavy (non-hydrogen) atoms. The summed E-state index contributed by atoms with van der Waals surface area (Å²) in [6, 6.07) is 14.9. The molecular formula is C22H23ClN2O. The number of nitrogens with zero attached hydrogens (tertiary/aromatic N) is 1. The van der Waals surface area contributed by atoms with Crippen LogP contribution in [0.1, 0.15) is 36.7 Å². The summed E-state index contributed by atoms with van der Waals surface area (Å²) in [7, 11) is 0. The number of benzene rings is 2. The molecule has 4 heteroatoms. The number of anilines is 1. The molecule has 0 aliphatic heterocycles. The summed E-state index contributed by atoms with van der Waals surface area (Å²) in [4.78, 5) is 16.6. The number of allylic oxidation sites excluding steroid dienone is 2. The number of Topliss-reactive ketones (excluding diaryl/α,β-unsaturated/α-hetero) is 1. The van der Waals surface area contributed by atoms with Gasteiger partial charge in [0.15, 0.2) is 5.78 Å². The second-order valence-electron chi connectivity index (χ2n) is 6.21.